The van der Waals surface area contributed by atoms with Gasteiger partial charge in [-0.25, -0.2) is 0 Å². The molecule has 1 unspecified atom stereocenters. The number of hydrogen-bond acceptors (Lipinski definition) is 2. The molecule has 194 valence electrons. The minimum absolute atomic E-state index is 0.295. The molecule has 0 amide bonds. The molecule has 0 aliphatic heterocycles. The number of hydrogen-bond donors (Lipinski definition) is 1. The Kier molecular flexibility index (Phi) is 21.7. The first-order chi connectivity index (χ1) is 15.3. The van der Waals surface area contributed by atoms with E-state index in [0.29, 0.717) is 12.8 Å². The van der Waals surface area contributed by atoms with Crippen LogP contribution in [0.1, 0.15) is 136 Å². The summed E-state index contributed by atoms with van der Waals surface area (Å²) in [5, 5.41) is 0. The fourth-order valence-electron chi connectivity index (χ4n) is 4.35. The van der Waals surface area contributed by atoms with Gasteiger partial charge in [0.1, 0.15) is 0 Å². The summed E-state index contributed by atoms with van der Waals surface area (Å²) in [7, 11) is 1.09. The molecule has 0 spiro atoms. The normalized spacial score (nSPS) is 14.0. The summed E-state index contributed by atoms with van der Waals surface area (Å²) in [5.74, 6) is 0. The third-order valence-corrected chi connectivity index (χ3v) is 8.08. The zero-order chi connectivity index (χ0) is 24.0. The van der Waals surface area contributed by atoms with Crippen LogP contribution in [0.2, 0.25) is 0 Å². The van der Waals surface area contributed by atoms with E-state index < -0.39 is 7.60 Å². The minimum Gasteiger partial charge on any atom is -0.328 e. The van der Waals surface area contributed by atoms with E-state index in [1.807, 2.05) is 0 Å². The first kappa shape index (κ1) is 32.1. The van der Waals surface area contributed by atoms with Crippen LogP contribution in [0.25, 0.3) is 0 Å². The molecule has 0 rings (SSSR count). The molecular weight excluding hydrogens is 417 g/mol. The van der Waals surface area contributed by atoms with Crippen LogP contribution in [0.3, 0.4) is 0 Å². The second-order valence-corrected chi connectivity index (χ2v) is 12.6. The monoisotopic (exact) mass is 476 g/mol. The van der Waals surface area contributed by atoms with Crippen molar-refractivity contribution < 1.29 is 18.5 Å². The zero-order valence-corrected chi connectivity index (χ0v) is 23.3. The number of nitrogens with zero attached hydrogens (tertiary/aromatic N) is 1. The zero-order valence-electron chi connectivity index (χ0n) is 22.4. The Morgan fingerprint density at radius 2 is 0.969 bits per heavy atom. The number of quaternary nitrogens is 1. The number of unbranched alkanes of at least 4 members (excludes halogenated alkanes) is 16. The smallest absolute Gasteiger partial charge is 0.328 e. The van der Waals surface area contributed by atoms with Gasteiger partial charge in [0.25, 0.3) is 0 Å². The predicted molar refractivity (Wildman–Crippen MR) is 142 cm³/mol. The third kappa shape index (κ3) is 23.3. The van der Waals surface area contributed by atoms with Crippen LogP contribution < -0.4 is 0 Å². The molecule has 0 aliphatic carbocycles. The molecule has 5 heteroatoms. The highest BCUT2D eigenvalue weighted by Crippen LogP contribution is 2.42. The van der Waals surface area contributed by atoms with Crippen molar-refractivity contribution in [1.29, 1.82) is 0 Å². The van der Waals surface area contributed by atoms with Crippen LogP contribution in [0.15, 0.2) is 0 Å². The van der Waals surface area contributed by atoms with Gasteiger partial charge in [-0.1, -0.05) is 110 Å². The lowest BCUT2D eigenvalue weighted by molar-refractivity contribution is -0.890. The highest BCUT2D eigenvalue weighted by atomic mass is 31.2. The topological polar surface area (TPSA) is 46.5 Å². The minimum atomic E-state index is -3.41. The Hall–Kier alpha value is 0.110. The maximum absolute atomic E-state index is 12.2. The molecule has 1 N–H and O–H groups in total. The fraction of sp³-hybridized carbons (Fsp3) is 1.00. The molecule has 32 heavy (non-hydrogen) atoms. The molecule has 0 heterocycles. The van der Waals surface area contributed by atoms with Crippen molar-refractivity contribution in [3.63, 3.8) is 0 Å². The Labute approximate surface area is 202 Å². The van der Waals surface area contributed by atoms with Gasteiger partial charge in [-0.3, -0.25) is 4.57 Å². The van der Waals surface area contributed by atoms with Crippen molar-refractivity contribution in [3.05, 3.63) is 0 Å². The molecule has 0 aromatic heterocycles. The highest BCUT2D eigenvalue weighted by molar-refractivity contribution is 7.52. The van der Waals surface area contributed by atoms with E-state index >= 15 is 0 Å². The van der Waals surface area contributed by atoms with Crippen LogP contribution in [-0.4, -0.2) is 49.3 Å². The van der Waals surface area contributed by atoms with Crippen molar-refractivity contribution in [2.45, 2.75) is 136 Å². The van der Waals surface area contributed by atoms with Crippen molar-refractivity contribution in [3.8, 4) is 0 Å². The summed E-state index contributed by atoms with van der Waals surface area (Å²) in [6, 6.07) is 0. The van der Waals surface area contributed by atoms with Crippen molar-refractivity contribution in [2.24, 2.45) is 0 Å². The van der Waals surface area contributed by atoms with E-state index in [1.54, 1.807) is 0 Å². The molecule has 4 nitrogen and oxygen atoms in total. The van der Waals surface area contributed by atoms with Gasteiger partial charge in [0.2, 0.25) is 0 Å². The maximum Gasteiger partial charge on any atom is 0.328 e. The molecule has 0 aliphatic rings. The third-order valence-electron chi connectivity index (χ3n) is 6.61. The quantitative estimate of drug-likeness (QED) is 0.0814. The van der Waals surface area contributed by atoms with Gasteiger partial charge in [0.05, 0.1) is 40.0 Å². The average molecular weight is 477 g/mol. The van der Waals surface area contributed by atoms with Crippen molar-refractivity contribution in [1.82, 2.24) is 0 Å². The largest absolute Gasteiger partial charge is 0.328 e. The van der Waals surface area contributed by atoms with E-state index in [2.05, 4.69) is 27.9 Å². The van der Waals surface area contributed by atoms with Gasteiger partial charge < -0.3 is 13.9 Å². The first-order valence-electron chi connectivity index (χ1n) is 14.1. The van der Waals surface area contributed by atoms with Gasteiger partial charge in [0.15, 0.2) is 0 Å². The van der Waals surface area contributed by atoms with Gasteiger partial charge in [-0.2, -0.15) is 0 Å². The van der Waals surface area contributed by atoms with Gasteiger partial charge in [-0.05, 0) is 19.3 Å². The van der Waals surface area contributed by atoms with Crippen molar-refractivity contribution >= 4 is 7.60 Å². The maximum atomic E-state index is 12.2. The first-order valence-corrected chi connectivity index (χ1v) is 15.9. The summed E-state index contributed by atoms with van der Waals surface area (Å²) in [6.45, 7) is 7.02. The second kappa shape index (κ2) is 21.6. The summed E-state index contributed by atoms with van der Waals surface area (Å²) >= 11 is 0. The molecule has 0 fully saturated rings. The molecule has 0 bridgehead atoms. The number of rotatable bonds is 25. The Balaban J connectivity index is 3.60. The lowest BCUT2D eigenvalue weighted by atomic mass is 10.1. The SMILES string of the molecule is CCCCCCCCCCCCCC[N+](C)(C)CCCP(=O)(O)OCCCCCCCC. The van der Waals surface area contributed by atoms with Crippen LogP contribution >= 0.6 is 7.60 Å². The van der Waals surface area contributed by atoms with E-state index in [0.717, 1.165) is 36.8 Å². The van der Waals surface area contributed by atoms with Crippen LogP contribution in [-0.2, 0) is 9.09 Å². The van der Waals surface area contributed by atoms with Gasteiger partial charge in [-0.15, -0.1) is 0 Å². The van der Waals surface area contributed by atoms with E-state index in [1.165, 1.54) is 103 Å². The van der Waals surface area contributed by atoms with Crippen LogP contribution in [0.5, 0.6) is 0 Å². The van der Waals surface area contributed by atoms with Gasteiger partial charge in [0, 0.05) is 6.42 Å². The Morgan fingerprint density at radius 1 is 0.594 bits per heavy atom. The van der Waals surface area contributed by atoms with Crippen LogP contribution in [0, 0.1) is 0 Å². The average Bonchev–Trinajstić information content (AvgIpc) is 2.73. The second-order valence-electron chi connectivity index (χ2n) is 10.6. The fourth-order valence-corrected chi connectivity index (χ4v) is 5.43. The highest BCUT2D eigenvalue weighted by Gasteiger charge is 2.22. The summed E-state index contributed by atoms with van der Waals surface area (Å²) in [4.78, 5) is 10.1. The molecule has 0 saturated heterocycles. The summed E-state index contributed by atoms with van der Waals surface area (Å²) in [6.07, 6.45) is 24.6. The molecule has 0 aromatic rings. The molecule has 0 saturated carbocycles. The molecule has 0 aromatic carbocycles. The van der Waals surface area contributed by atoms with Crippen molar-refractivity contribution in [2.75, 3.05) is 40.0 Å². The molecule has 0 radical (unpaired) electrons. The summed E-state index contributed by atoms with van der Waals surface area (Å²) in [5.41, 5.74) is 0. The predicted octanol–water partition coefficient (Wildman–Crippen LogP) is 8.72. The lowest BCUT2D eigenvalue weighted by Gasteiger charge is -2.30. The molecular formula is C27H59NO3P+. The summed E-state index contributed by atoms with van der Waals surface area (Å²) < 4.78 is 18.5. The Morgan fingerprint density at radius 3 is 1.44 bits per heavy atom. The van der Waals surface area contributed by atoms with Crippen LogP contribution in [0.4, 0.5) is 0 Å². The lowest BCUT2D eigenvalue weighted by Crippen LogP contribution is -2.41. The van der Waals surface area contributed by atoms with E-state index in [4.69, 9.17) is 4.52 Å². The standard InChI is InChI=1S/C27H58NO3P/c1-5-7-9-11-13-14-15-16-17-18-19-21-24-28(3,4)25-23-27-32(29,30)31-26-22-20-12-10-8-6-2/h5-27H2,1-4H3/p+1. The van der Waals surface area contributed by atoms with E-state index in [9.17, 15) is 9.46 Å². The van der Waals surface area contributed by atoms with E-state index in [-0.39, 0.29) is 0 Å². The molecule has 1 atom stereocenters. The Bertz CT molecular complexity index is 443. The van der Waals surface area contributed by atoms with Gasteiger partial charge >= 0.3 is 7.60 Å².